The van der Waals surface area contributed by atoms with Gasteiger partial charge in [-0.3, -0.25) is 4.79 Å². The largest absolute Gasteiger partial charge is 0.352 e. The number of rotatable bonds is 6. The Labute approximate surface area is 142 Å². The van der Waals surface area contributed by atoms with Crippen molar-refractivity contribution in [3.8, 4) is 0 Å². The van der Waals surface area contributed by atoms with E-state index in [0.717, 1.165) is 25.1 Å². The minimum Gasteiger partial charge on any atom is -0.352 e. The van der Waals surface area contributed by atoms with Gasteiger partial charge >= 0.3 is 0 Å². The molecular formula is C19H24N4O. The Morgan fingerprint density at radius 1 is 1.29 bits per heavy atom. The summed E-state index contributed by atoms with van der Waals surface area (Å²) in [6.07, 6.45) is 6.37. The molecule has 0 saturated heterocycles. The molecule has 5 nitrogen and oxygen atoms in total. The maximum absolute atomic E-state index is 12.4. The van der Waals surface area contributed by atoms with Crippen LogP contribution in [0.2, 0.25) is 0 Å². The van der Waals surface area contributed by atoms with Gasteiger partial charge in [0.05, 0.1) is 6.33 Å². The lowest BCUT2D eigenvalue weighted by Crippen LogP contribution is -2.25. The molecule has 0 aliphatic rings. The minimum atomic E-state index is -0.0103. The Bertz CT molecular complexity index is 846. The minimum absolute atomic E-state index is 0.0103. The standard InChI is InChI=1S/C19H24N4O/c1-4-23-15(3)14(2)17-12-16(6-7-18(17)23)19(24)21-8-5-10-22-11-9-20-13-22/h6-7,9,11-13H,4-5,8,10H2,1-3H3,(H,21,24). The first-order chi connectivity index (χ1) is 11.6. The maximum Gasteiger partial charge on any atom is 0.251 e. The lowest BCUT2D eigenvalue weighted by molar-refractivity contribution is 0.0953. The Morgan fingerprint density at radius 2 is 2.12 bits per heavy atom. The Balaban J connectivity index is 1.67. The second-order valence-electron chi connectivity index (χ2n) is 6.10. The van der Waals surface area contributed by atoms with Crippen LogP contribution in [-0.2, 0) is 13.1 Å². The summed E-state index contributed by atoms with van der Waals surface area (Å²) in [5, 5.41) is 4.17. The zero-order valence-electron chi connectivity index (χ0n) is 14.5. The number of imidazole rings is 1. The van der Waals surface area contributed by atoms with E-state index in [9.17, 15) is 4.79 Å². The first kappa shape index (κ1) is 16.3. The summed E-state index contributed by atoms with van der Waals surface area (Å²) < 4.78 is 4.30. The number of carbonyl (C=O) groups excluding carboxylic acids is 1. The fourth-order valence-corrected chi connectivity index (χ4v) is 3.18. The summed E-state index contributed by atoms with van der Waals surface area (Å²) in [6.45, 7) is 8.86. The fraction of sp³-hybridized carbons (Fsp3) is 0.368. The molecule has 3 rings (SSSR count). The van der Waals surface area contributed by atoms with E-state index in [0.29, 0.717) is 6.54 Å². The second-order valence-corrected chi connectivity index (χ2v) is 6.10. The van der Waals surface area contributed by atoms with Crippen LogP contribution in [0.15, 0.2) is 36.9 Å². The molecule has 0 saturated carbocycles. The van der Waals surface area contributed by atoms with Crippen LogP contribution >= 0.6 is 0 Å². The lowest BCUT2D eigenvalue weighted by atomic mass is 10.1. The summed E-state index contributed by atoms with van der Waals surface area (Å²) >= 11 is 0. The van der Waals surface area contributed by atoms with Crippen LogP contribution in [-0.4, -0.2) is 26.6 Å². The number of nitrogens with one attached hydrogen (secondary N) is 1. The topological polar surface area (TPSA) is 51.9 Å². The highest BCUT2D eigenvalue weighted by atomic mass is 16.1. The van der Waals surface area contributed by atoms with Gasteiger partial charge in [-0.1, -0.05) is 0 Å². The average Bonchev–Trinajstić information content (AvgIpc) is 3.19. The molecule has 0 unspecified atom stereocenters. The van der Waals surface area contributed by atoms with Crippen molar-refractivity contribution in [1.82, 2.24) is 19.4 Å². The predicted molar refractivity (Wildman–Crippen MR) is 96.3 cm³/mol. The quantitative estimate of drug-likeness (QED) is 0.707. The number of benzene rings is 1. The van der Waals surface area contributed by atoms with Crippen LogP contribution in [0.1, 0.15) is 35.0 Å². The molecule has 1 amide bonds. The second kappa shape index (κ2) is 6.91. The molecule has 24 heavy (non-hydrogen) atoms. The number of hydrogen-bond acceptors (Lipinski definition) is 2. The highest BCUT2D eigenvalue weighted by Crippen LogP contribution is 2.26. The number of aryl methyl sites for hydroxylation is 3. The molecule has 126 valence electrons. The average molecular weight is 324 g/mol. The van der Waals surface area contributed by atoms with Crippen molar-refractivity contribution in [1.29, 1.82) is 0 Å². The highest BCUT2D eigenvalue weighted by Gasteiger charge is 2.12. The van der Waals surface area contributed by atoms with Gasteiger partial charge in [-0.25, -0.2) is 4.98 Å². The van der Waals surface area contributed by atoms with Crippen molar-refractivity contribution in [3.05, 3.63) is 53.7 Å². The van der Waals surface area contributed by atoms with Crippen molar-refractivity contribution in [2.45, 2.75) is 40.3 Å². The van der Waals surface area contributed by atoms with E-state index in [1.165, 1.54) is 22.2 Å². The molecule has 1 N–H and O–H groups in total. The zero-order chi connectivity index (χ0) is 17.1. The van der Waals surface area contributed by atoms with Gasteiger partial charge in [-0.05, 0) is 51.0 Å². The molecule has 1 aromatic carbocycles. The molecular weight excluding hydrogens is 300 g/mol. The van der Waals surface area contributed by atoms with Gasteiger partial charge in [0.25, 0.3) is 5.91 Å². The van der Waals surface area contributed by atoms with Gasteiger partial charge in [0.2, 0.25) is 0 Å². The third kappa shape index (κ3) is 3.07. The molecule has 0 spiro atoms. The van der Waals surface area contributed by atoms with Gasteiger partial charge < -0.3 is 14.5 Å². The number of fused-ring (bicyclic) bond motifs is 1. The Morgan fingerprint density at radius 3 is 2.83 bits per heavy atom. The molecule has 3 aromatic rings. The van der Waals surface area contributed by atoms with E-state index in [4.69, 9.17) is 0 Å². The zero-order valence-corrected chi connectivity index (χ0v) is 14.5. The summed E-state index contributed by atoms with van der Waals surface area (Å²) in [5.41, 5.74) is 4.44. The van der Waals surface area contributed by atoms with Crippen LogP contribution in [0, 0.1) is 13.8 Å². The Kier molecular flexibility index (Phi) is 4.69. The molecule has 0 aliphatic heterocycles. The molecule has 2 heterocycles. The number of amides is 1. The molecule has 2 aromatic heterocycles. The van der Waals surface area contributed by atoms with E-state index in [1.54, 1.807) is 12.5 Å². The van der Waals surface area contributed by atoms with Gasteiger partial charge in [0, 0.05) is 54.2 Å². The van der Waals surface area contributed by atoms with Gasteiger partial charge in [-0.15, -0.1) is 0 Å². The maximum atomic E-state index is 12.4. The SMILES string of the molecule is CCn1c(C)c(C)c2cc(C(=O)NCCCn3ccnc3)ccc21. The normalized spacial score (nSPS) is 11.1. The summed E-state index contributed by atoms with van der Waals surface area (Å²) in [6, 6.07) is 5.98. The molecule has 0 fully saturated rings. The number of carbonyl (C=O) groups is 1. The van der Waals surface area contributed by atoms with Crippen molar-refractivity contribution in [2.24, 2.45) is 0 Å². The highest BCUT2D eigenvalue weighted by molar-refractivity contribution is 5.99. The predicted octanol–water partition coefficient (Wildman–Crippen LogP) is 3.29. The molecule has 0 bridgehead atoms. The van der Waals surface area contributed by atoms with Crippen LogP contribution in [0.4, 0.5) is 0 Å². The van der Waals surface area contributed by atoms with Crippen molar-refractivity contribution in [2.75, 3.05) is 6.54 Å². The van der Waals surface area contributed by atoms with Gasteiger partial charge in [0.15, 0.2) is 0 Å². The molecule has 0 atom stereocenters. The monoisotopic (exact) mass is 324 g/mol. The van der Waals surface area contributed by atoms with Crippen molar-refractivity contribution >= 4 is 16.8 Å². The van der Waals surface area contributed by atoms with Crippen molar-refractivity contribution in [3.63, 3.8) is 0 Å². The van der Waals surface area contributed by atoms with E-state index in [-0.39, 0.29) is 5.91 Å². The van der Waals surface area contributed by atoms with Crippen LogP contribution in [0.5, 0.6) is 0 Å². The van der Waals surface area contributed by atoms with Crippen LogP contribution < -0.4 is 5.32 Å². The number of aromatic nitrogens is 3. The van der Waals surface area contributed by atoms with Crippen LogP contribution in [0.25, 0.3) is 10.9 Å². The van der Waals surface area contributed by atoms with E-state index >= 15 is 0 Å². The number of hydrogen-bond donors (Lipinski definition) is 1. The molecule has 0 aliphatic carbocycles. The third-order valence-electron chi connectivity index (χ3n) is 4.66. The smallest absolute Gasteiger partial charge is 0.251 e. The fourth-order valence-electron chi connectivity index (χ4n) is 3.18. The van der Waals surface area contributed by atoms with Crippen LogP contribution in [0.3, 0.4) is 0 Å². The third-order valence-corrected chi connectivity index (χ3v) is 4.66. The van der Waals surface area contributed by atoms with E-state index in [1.807, 2.05) is 22.9 Å². The lowest BCUT2D eigenvalue weighted by Gasteiger charge is -2.07. The summed E-state index contributed by atoms with van der Waals surface area (Å²) in [4.78, 5) is 16.4. The molecule has 0 radical (unpaired) electrons. The van der Waals surface area contributed by atoms with Gasteiger partial charge in [-0.2, -0.15) is 0 Å². The van der Waals surface area contributed by atoms with Crippen molar-refractivity contribution < 1.29 is 4.79 Å². The molecule has 5 heteroatoms. The first-order valence-electron chi connectivity index (χ1n) is 8.45. The first-order valence-corrected chi connectivity index (χ1v) is 8.45. The Hall–Kier alpha value is -2.56. The summed E-state index contributed by atoms with van der Waals surface area (Å²) in [7, 11) is 0. The summed E-state index contributed by atoms with van der Waals surface area (Å²) in [5.74, 6) is -0.0103. The van der Waals surface area contributed by atoms with E-state index < -0.39 is 0 Å². The number of nitrogens with zero attached hydrogens (tertiary/aromatic N) is 3. The van der Waals surface area contributed by atoms with Gasteiger partial charge in [0.1, 0.15) is 0 Å². The van der Waals surface area contributed by atoms with E-state index in [2.05, 4.69) is 41.7 Å².